The molecule has 0 radical (unpaired) electrons. The van der Waals surface area contributed by atoms with Gasteiger partial charge in [0.15, 0.2) is 0 Å². The van der Waals surface area contributed by atoms with Crippen molar-refractivity contribution >= 4 is 0 Å². The molecule has 0 saturated heterocycles. The van der Waals surface area contributed by atoms with Gasteiger partial charge in [0, 0.05) is 18.0 Å². The topological polar surface area (TPSA) is 21.3 Å². The molecule has 1 fully saturated rings. The Morgan fingerprint density at radius 2 is 2.11 bits per heavy atom. The molecule has 1 aliphatic carbocycles. The summed E-state index contributed by atoms with van der Waals surface area (Å²) in [6.45, 7) is 5.47. The third kappa shape index (κ3) is 2.39. The Bertz CT molecular complexity index is 427. The van der Waals surface area contributed by atoms with Crippen LogP contribution in [0.3, 0.4) is 0 Å². The zero-order valence-electron chi connectivity index (χ0n) is 11.4. The van der Waals surface area contributed by atoms with Gasteiger partial charge in [0.1, 0.15) is 11.4 Å². The summed E-state index contributed by atoms with van der Waals surface area (Å²) in [5.74, 6) is 1.99. The highest BCUT2D eigenvalue weighted by molar-refractivity contribution is 5.38. The van der Waals surface area contributed by atoms with E-state index in [-0.39, 0.29) is 5.60 Å². The summed E-state index contributed by atoms with van der Waals surface area (Å²) in [7, 11) is 0. The average Bonchev–Trinajstić information content (AvgIpc) is 3.12. The molecule has 2 aliphatic rings. The first kappa shape index (κ1) is 12.0. The van der Waals surface area contributed by atoms with Crippen molar-refractivity contribution < 1.29 is 4.74 Å². The Morgan fingerprint density at radius 1 is 1.33 bits per heavy atom. The van der Waals surface area contributed by atoms with Crippen LogP contribution in [0.5, 0.6) is 5.75 Å². The van der Waals surface area contributed by atoms with E-state index in [0.717, 1.165) is 24.6 Å². The van der Waals surface area contributed by atoms with Crippen molar-refractivity contribution in [3.63, 3.8) is 0 Å². The van der Waals surface area contributed by atoms with Crippen LogP contribution in [0.4, 0.5) is 0 Å². The zero-order valence-corrected chi connectivity index (χ0v) is 11.4. The highest BCUT2D eigenvalue weighted by atomic mass is 16.5. The van der Waals surface area contributed by atoms with E-state index in [9.17, 15) is 0 Å². The number of hydrogen-bond acceptors (Lipinski definition) is 2. The van der Waals surface area contributed by atoms with Crippen molar-refractivity contribution in [2.75, 3.05) is 6.54 Å². The summed E-state index contributed by atoms with van der Waals surface area (Å²) in [4.78, 5) is 0. The maximum atomic E-state index is 6.31. The monoisotopic (exact) mass is 245 g/mol. The van der Waals surface area contributed by atoms with E-state index in [1.165, 1.54) is 24.8 Å². The molecule has 1 aromatic rings. The van der Waals surface area contributed by atoms with E-state index in [2.05, 4.69) is 43.4 Å². The first-order valence-electron chi connectivity index (χ1n) is 7.21. The van der Waals surface area contributed by atoms with E-state index < -0.39 is 0 Å². The predicted octanol–water partition coefficient (Wildman–Crippen LogP) is 3.68. The van der Waals surface area contributed by atoms with Crippen LogP contribution in [0.2, 0.25) is 0 Å². The molecule has 98 valence electrons. The summed E-state index contributed by atoms with van der Waals surface area (Å²) < 4.78 is 6.31. The summed E-state index contributed by atoms with van der Waals surface area (Å²) in [5, 5.41) is 3.61. The van der Waals surface area contributed by atoms with Gasteiger partial charge in [-0.3, -0.25) is 0 Å². The molecule has 2 heteroatoms. The smallest absolute Gasteiger partial charge is 0.124 e. The minimum atomic E-state index is 0.0162. The fourth-order valence-corrected chi connectivity index (χ4v) is 3.20. The second-order valence-electron chi connectivity index (χ2n) is 6.05. The van der Waals surface area contributed by atoms with Crippen LogP contribution in [0, 0.1) is 5.92 Å². The van der Waals surface area contributed by atoms with E-state index in [0.29, 0.717) is 6.04 Å². The van der Waals surface area contributed by atoms with Crippen molar-refractivity contribution in [3.8, 4) is 5.75 Å². The van der Waals surface area contributed by atoms with Crippen LogP contribution in [0.1, 0.15) is 51.1 Å². The number of rotatable bonds is 4. The second kappa shape index (κ2) is 4.58. The van der Waals surface area contributed by atoms with Crippen molar-refractivity contribution in [2.45, 2.75) is 51.2 Å². The van der Waals surface area contributed by atoms with Crippen molar-refractivity contribution in [2.24, 2.45) is 5.92 Å². The molecule has 2 atom stereocenters. The van der Waals surface area contributed by atoms with Gasteiger partial charge >= 0.3 is 0 Å². The van der Waals surface area contributed by atoms with Gasteiger partial charge in [0.25, 0.3) is 0 Å². The third-order valence-electron chi connectivity index (χ3n) is 4.15. The lowest BCUT2D eigenvalue weighted by molar-refractivity contribution is 0.0348. The Balaban J connectivity index is 1.86. The van der Waals surface area contributed by atoms with E-state index in [4.69, 9.17) is 4.74 Å². The largest absolute Gasteiger partial charge is 0.487 e. The van der Waals surface area contributed by atoms with Gasteiger partial charge in [-0.15, -0.1) is 0 Å². The molecule has 1 heterocycles. The SMILES string of the molecule is CCNC1CC(C)(CC2CC2)Oc2ccccc21. The number of nitrogens with one attached hydrogen (secondary N) is 1. The Hall–Kier alpha value is -1.02. The summed E-state index contributed by atoms with van der Waals surface area (Å²) in [6.07, 6.45) is 5.09. The molecule has 1 aromatic carbocycles. The molecule has 1 aliphatic heterocycles. The second-order valence-corrected chi connectivity index (χ2v) is 6.05. The number of ether oxygens (including phenoxy) is 1. The summed E-state index contributed by atoms with van der Waals surface area (Å²) >= 11 is 0. The van der Waals surface area contributed by atoms with Crippen molar-refractivity contribution in [1.82, 2.24) is 5.32 Å². The molecule has 3 rings (SSSR count). The van der Waals surface area contributed by atoms with Crippen LogP contribution in [0.25, 0.3) is 0 Å². The van der Waals surface area contributed by atoms with E-state index in [1.54, 1.807) is 0 Å². The summed E-state index contributed by atoms with van der Waals surface area (Å²) in [5.41, 5.74) is 1.34. The molecule has 2 unspecified atom stereocenters. The maximum absolute atomic E-state index is 6.31. The van der Waals surface area contributed by atoms with Crippen molar-refractivity contribution in [1.29, 1.82) is 0 Å². The Labute approximate surface area is 110 Å². The minimum Gasteiger partial charge on any atom is -0.487 e. The Morgan fingerprint density at radius 3 is 2.83 bits per heavy atom. The third-order valence-corrected chi connectivity index (χ3v) is 4.15. The Kier molecular flexibility index (Phi) is 3.06. The lowest BCUT2D eigenvalue weighted by Crippen LogP contribution is -2.42. The molecule has 0 amide bonds. The predicted molar refractivity (Wildman–Crippen MR) is 73.9 cm³/mol. The molecule has 1 N–H and O–H groups in total. The number of hydrogen-bond donors (Lipinski definition) is 1. The van der Waals surface area contributed by atoms with Gasteiger partial charge in [-0.25, -0.2) is 0 Å². The molecular weight excluding hydrogens is 222 g/mol. The fraction of sp³-hybridized carbons (Fsp3) is 0.625. The first-order chi connectivity index (χ1) is 8.70. The maximum Gasteiger partial charge on any atom is 0.124 e. The molecule has 0 aromatic heterocycles. The first-order valence-corrected chi connectivity index (χ1v) is 7.21. The van der Waals surface area contributed by atoms with Crippen LogP contribution in [-0.2, 0) is 0 Å². The highest BCUT2D eigenvalue weighted by Gasteiger charge is 2.40. The van der Waals surface area contributed by atoms with E-state index in [1.807, 2.05) is 0 Å². The lowest BCUT2D eigenvalue weighted by Gasteiger charge is -2.40. The quantitative estimate of drug-likeness (QED) is 0.873. The van der Waals surface area contributed by atoms with Gasteiger partial charge < -0.3 is 10.1 Å². The van der Waals surface area contributed by atoms with Crippen molar-refractivity contribution in [3.05, 3.63) is 29.8 Å². The lowest BCUT2D eigenvalue weighted by atomic mass is 9.85. The molecule has 2 nitrogen and oxygen atoms in total. The number of fused-ring (bicyclic) bond motifs is 1. The average molecular weight is 245 g/mol. The molecule has 0 spiro atoms. The van der Waals surface area contributed by atoms with Gasteiger partial charge in [0.05, 0.1) is 0 Å². The zero-order chi connectivity index (χ0) is 12.6. The van der Waals surface area contributed by atoms with Gasteiger partial charge in [-0.1, -0.05) is 38.0 Å². The standard InChI is InChI=1S/C16H23NO/c1-3-17-14-11-16(2,10-12-8-9-12)18-15-7-5-4-6-13(14)15/h4-7,12,14,17H,3,8-11H2,1-2H3. The van der Waals surface area contributed by atoms with Crippen LogP contribution in [0.15, 0.2) is 24.3 Å². The molecule has 18 heavy (non-hydrogen) atoms. The molecule has 1 saturated carbocycles. The van der Waals surface area contributed by atoms with Crippen LogP contribution < -0.4 is 10.1 Å². The van der Waals surface area contributed by atoms with Crippen LogP contribution >= 0.6 is 0 Å². The number of benzene rings is 1. The van der Waals surface area contributed by atoms with Gasteiger partial charge in [-0.05, 0) is 31.9 Å². The summed E-state index contributed by atoms with van der Waals surface area (Å²) in [6, 6.07) is 8.94. The molecule has 0 bridgehead atoms. The van der Waals surface area contributed by atoms with Gasteiger partial charge in [0.2, 0.25) is 0 Å². The van der Waals surface area contributed by atoms with E-state index >= 15 is 0 Å². The minimum absolute atomic E-state index is 0.0162. The highest BCUT2D eigenvalue weighted by Crippen LogP contribution is 2.46. The normalized spacial score (nSPS) is 30.7. The number of para-hydroxylation sites is 1. The van der Waals surface area contributed by atoms with Crippen LogP contribution in [-0.4, -0.2) is 12.1 Å². The van der Waals surface area contributed by atoms with Gasteiger partial charge in [-0.2, -0.15) is 0 Å². The molecular formula is C16H23NO. The fourth-order valence-electron chi connectivity index (χ4n) is 3.20.